The van der Waals surface area contributed by atoms with Crippen molar-refractivity contribution in [3.63, 3.8) is 0 Å². The lowest BCUT2D eigenvalue weighted by molar-refractivity contribution is -0.142. The molecule has 10 nitrogen and oxygen atoms in total. The average molecular weight is 627 g/mol. The molecule has 0 aliphatic carbocycles. The normalized spacial score (nSPS) is 14.8. The smallest absolute Gasteiger partial charge is 0.435 e. The molecule has 0 fully saturated rings. The van der Waals surface area contributed by atoms with Gasteiger partial charge in [0, 0.05) is 55.0 Å². The van der Waals surface area contributed by atoms with E-state index in [4.69, 9.17) is 9.47 Å². The van der Waals surface area contributed by atoms with E-state index in [1.165, 1.54) is 48.2 Å². The summed E-state index contributed by atoms with van der Waals surface area (Å²) in [5, 5.41) is 3.87. The van der Waals surface area contributed by atoms with Gasteiger partial charge in [0.2, 0.25) is 16.8 Å². The third-order valence-corrected chi connectivity index (χ3v) is 9.43. The number of sulfonamides is 1. The summed E-state index contributed by atoms with van der Waals surface area (Å²) in [5.74, 6) is 0.376. The van der Waals surface area contributed by atoms with Gasteiger partial charge >= 0.3 is 6.18 Å². The molecule has 0 spiro atoms. The second-order valence-corrected chi connectivity index (χ2v) is 12.2. The molecule has 3 aromatic carbocycles. The van der Waals surface area contributed by atoms with E-state index in [0.29, 0.717) is 22.7 Å². The van der Waals surface area contributed by atoms with E-state index in [1.807, 2.05) is 0 Å². The number of ether oxygens (including phenoxy) is 2. The molecule has 228 valence electrons. The summed E-state index contributed by atoms with van der Waals surface area (Å²) in [6.07, 6.45) is -4.92. The molecular formula is C30H25F3N4O6S. The fourth-order valence-electron chi connectivity index (χ4n) is 5.23. The SMILES string of the molecule is CC(=O)c1ccc(S(=O)(=O)N2CCc3c(c(C(F)(F)F)nn3-c3cccc(C(=O)N(C)c4ccc5c(c4)OCO5)c3)C2)cc1. The van der Waals surface area contributed by atoms with Crippen molar-refractivity contribution in [1.82, 2.24) is 14.1 Å². The minimum Gasteiger partial charge on any atom is -0.454 e. The Bertz CT molecular complexity index is 1900. The van der Waals surface area contributed by atoms with Gasteiger partial charge in [-0.2, -0.15) is 22.6 Å². The van der Waals surface area contributed by atoms with Crippen molar-refractivity contribution in [1.29, 1.82) is 0 Å². The molecule has 2 aliphatic heterocycles. The van der Waals surface area contributed by atoms with Crippen LogP contribution in [-0.2, 0) is 29.2 Å². The van der Waals surface area contributed by atoms with Gasteiger partial charge in [-0.3, -0.25) is 9.59 Å². The van der Waals surface area contributed by atoms with Gasteiger partial charge < -0.3 is 14.4 Å². The number of aromatic nitrogens is 2. The number of alkyl halides is 3. The van der Waals surface area contributed by atoms with Gasteiger partial charge in [-0.05, 0) is 49.4 Å². The summed E-state index contributed by atoms with van der Waals surface area (Å²) in [7, 11) is -2.61. The number of rotatable bonds is 6. The molecule has 1 amide bonds. The van der Waals surface area contributed by atoms with Gasteiger partial charge in [0.1, 0.15) is 0 Å². The maximum absolute atomic E-state index is 14.2. The third-order valence-electron chi connectivity index (χ3n) is 7.58. The number of benzene rings is 3. The first-order valence-electron chi connectivity index (χ1n) is 13.4. The molecule has 4 aromatic rings. The van der Waals surface area contributed by atoms with Gasteiger partial charge in [0.25, 0.3) is 5.91 Å². The number of hydrogen-bond acceptors (Lipinski definition) is 7. The summed E-state index contributed by atoms with van der Waals surface area (Å²) >= 11 is 0. The van der Waals surface area contributed by atoms with E-state index >= 15 is 0 Å². The van der Waals surface area contributed by atoms with Crippen LogP contribution in [0, 0.1) is 0 Å². The molecule has 14 heteroatoms. The van der Waals surface area contributed by atoms with Crippen LogP contribution in [-0.4, -0.2) is 54.6 Å². The fraction of sp³-hybridized carbons (Fsp3) is 0.233. The first-order chi connectivity index (χ1) is 20.8. The van der Waals surface area contributed by atoms with Crippen LogP contribution in [0.4, 0.5) is 18.9 Å². The first kappa shape index (κ1) is 29.4. The number of hydrogen-bond donors (Lipinski definition) is 0. The van der Waals surface area contributed by atoms with Gasteiger partial charge in [0.05, 0.1) is 16.3 Å². The van der Waals surface area contributed by atoms with Gasteiger partial charge in [-0.1, -0.05) is 18.2 Å². The standard InChI is InChI=1S/C30H25F3N4O6S/c1-18(38)19-6-9-23(10-7-19)44(40,41)36-13-12-25-24(16-36)28(30(31,32)33)34-37(25)22-5-3-4-20(14-22)29(39)35(2)21-8-11-26-27(15-21)43-17-42-26/h3-11,14-15H,12-13,16-17H2,1-2H3. The van der Waals surface area contributed by atoms with Gasteiger partial charge in [-0.15, -0.1) is 0 Å². The molecular weight excluding hydrogens is 601 g/mol. The minimum atomic E-state index is -4.86. The number of amides is 1. The number of anilines is 1. The molecule has 0 atom stereocenters. The Kier molecular flexibility index (Phi) is 7.20. The minimum absolute atomic E-state index is 0.0571. The van der Waals surface area contributed by atoms with Crippen LogP contribution in [0.1, 0.15) is 44.6 Å². The number of fused-ring (bicyclic) bond motifs is 2. The molecule has 2 aliphatic rings. The Morgan fingerprint density at radius 1 is 0.955 bits per heavy atom. The van der Waals surface area contributed by atoms with Crippen LogP contribution in [0.3, 0.4) is 0 Å². The quantitative estimate of drug-likeness (QED) is 0.282. The van der Waals surface area contributed by atoms with E-state index in [2.05, 4.69) is 5.10 Å². The molecule has 0 saturated heterocycles. The van der Waals surface area contributed by atoms with E-state index < -0.39 is 34.3 Å². The maximum atomic E-state index is 14.2. The number of halogens is 3. The zero-order valence-corrected chi connectivity index (χ0v) is 24.3. The van der Waals surface area contributed by atoms with Crippen LogP contribution in [0.2, 0.25) is 0 Å². The predicted octanol–water partition coefficient (Wildman–Crippen LogP) is 4.85. The van der Waals surface area contributed by atoms with E-state index in [-0.39, 0.29) is 52.9 Å². The summed E-state index contributed by atoms with van der Waals surface area (Å²) in [6.45, 7) is 0.768. The second-order valence-electron chi connectivity index (χ2n) is 10.3. The zero-order valence-electron chi connectivity index (χ0n) is 23.5. The summed E-state index contributed by atoms with van der Waals surface area (Å²) in [6, 6.07) is 16.3. The van der Waals surface area contributed by atoms with Crippen molar-refractivity contribution in [2.75, 3.05) is 25.3 Å². The van der Waals surface area contributed by atoms with Crippen LogP contribution >= 0.6 is 0 Å². The Morgan fingerprint density at radius 2 is 1.68 bits per heavy atom. The Hall–Kier alpha value is -4.69. The highest BCUT2D eigenvalue weighted by molar-refractivity contribution is 7.89. The van der Waals surface area contributed by atoms with Gasteiger partial charge in [-0.25, -0.2) is 13.1 Å². The molecule has 0 bridgehead atoms. The molecule has 0 N–H and O–H groups in total. The van der Waals surface area contributed by atoms with Crippen LogP contribution in [0.15, 0.2) is 71.6 Å². The van der Waals surface area contributed by atoms with Crippen molar-refractivity contribution >= 4 is 27.4 Å². The highest BCUT2D eigenvalue weighted by Crippen LogP contribution is 2.38. The average Bonchev–Trinajstić information content (AvgIpc) is 3.64. The lowest BCUT2D eigenvalue weighted by Crippen LogP contribution is -2.36. The lowest BCUT2D eigenvalue weighted by Gasteiger charge is -2.27. The van der Waals surface area contributed by atoms with Gasteiger partial charge in [0.15, 0.2) is 23.0 Å². The van der Waals surface area contributed by atoms with Crippen molar-refractivity contribution in [3.05, 3.63) is 94.8 Å². The van der Waals surface area contributed by atoms with Crippen molar-refractivity contribution in [2.24, 2.45) is 0 Å². The van der Waals surface area contributed by atoms with Crippen LogP contribution in [0.5, 0.6) is 11.5 Å². The van der Waals surface area contributed by atoms with Crippen LogP contribution < -0.4 is 14.4 Å². The largest absolute Gasteiger partial charge is 0.454 e. The zero-order chi connectivity index (χ0) is 31.4. The number of ketones is 1. The molecule has 1 aromatic heterocycles. The predicted molar refractivity (Wildman–Crippen MR) is 152 cm³/mol. The van der Waals surface area contributed by atoms with E-state index in [1.54, 1.807) is 37.4 Å². The molecule has 0 saturated carbocycles. The van der Waals surface area contributed by atoms with Crippen molar-refractivity contribution in [3.8, 4) is 17.2 Å². The molecule has 6 rings (SSSR count). The molecule has 3 heterocycles. The Labute approximate surface area is 250 Å². The first-order valence-corrected chi connectivity index (χ1v) is 14.9. The van der Waals surface area contributed by atoms with Crippen molar-refractivity contribution < 1.29 is 40.7 Å². The maximum Gasteiger partial charge on any atom is 0.435 e. The van der Waals surface area contributed by atoms with E-state index in [9.17, 15) is 31.2 Å². The van der Waals surface area contributed by atoms with Crippen LogP contribution in [0.25, 0.3) is 5.69 Å². The monoisotopic (exact) mass is 626 g/mol. The molecule has 0 radical (unpaired) electrons. The third kappa shape index (κ3) is 5.19. The van der Waals surface area contributed by atoms with E-state index in [0.717, 1.165) is 8.99 Å². The fourth-order valence-corrected chi connectivity index (χ4v) is 6.64. The number of carbonyl (C=O) groups excluding carboxylic acids is 2. The summed E-state index contributed by atoms with van der Waals surface area (Å²) in [5.41, 5.74) is -0.00168. The summed E-state index contributed by atoms with van der Waals surface area (Å²) in [4.78, 5) is 26.2. The topological polar surface area (TPSA) is 111 Å². The molecule has 0 unspecified atom stereocenters. The number of carbonyl (C=O) groups is 2. The Balaban J connectivity index is 1.32. The summed E-state index contributed by atoms with van der Waals surface area (Å²) < 4.78 is 82.1. The van der Waals surface area contributed by atoms with Crippen molar-refractivity contribution in [2.45, 2.75) is 31.0 Å². The molecule has 44 heavy (non-hydrogen) atoms. The number of nitrogens with zero attached hydrogens (tertiary/aromatic N) is 4. The highest BCUT2D eigenvalue weighted by Gasteiger charge is 2.42. The number of Topliss-reactive ketones (excluding diaryl/α,β-unsaturated/α-hetero) is 1. The Morgan fingerprint density at radius 3 is 2.39 bits per heavy atom. The lowest BCUT2D eigenvalue weighted by atomic mass is 10.1. The second kappa shape index (κ2) is 10.8. The highest BCUT2D eigenvalue weighted by atomic mass is 32.2.